The number of rotatable bonds is 7. The van der Waals surface area contributed by atoms with Crippen LogP contribution in [0.3, 0.4) is 0 Å². The Labute approximate surface area is 188 Å². The summed E-state index contributed by atoms with van der Waals surface area (Å²) in [6.45, 7) is 1.78. The zero-order valence-electron chi connectivity index (χ0n) is 17.5. The summed E-state index contributed by atoms with van der Waals surface area (Å²) in [5, 5.41) is 2.58. The molecule has 170 valence electrons. The van der Waals surface area contributed by atoms with E-state index >= 15 is 0 Å². The van der Waals surface area contributed by atoms with E-state index in [1.807, 2.05) is 37.2 Å². The molecule has 0 radical (unpaired) electrons. The van der Waals surface area contributed by atoms with Crippen molar-refractivity contribution in [3.63, 3.8) is 0 Å². The molecule has 2 aromatic carbocycles. The molecule has 0 amide bonds. The van der Waals surface area contributed by atoms with Crippen molar-refractivity contribution in [2.45, 2.75) is 29.2 Å². The van der Waals surface area contributed by atoms with Crippen LogP contribution in [-0.4, -0.2) is 65.2 Å². The van der Waals surface area contributed by atoms with Crippen LogP contribution in [0, 0.1) is 12.7 Å². The smallest absolute Gasteiger partial charge is 0.183 e. The Kier molecular flexibility index (Phi) is 7.12. The first-order valence-electron chi connectivity index (χ1n) is 9.77. The molecule has 0 saturated carbocycles. The van der Waals surface area contributed by atoms with Gasteiger partial charge < -0.3 is 10.2 Å². The molecule has 1 aliphatic heterocycles. The highest BCUT2D eigenvalue weighted by atomic mass is 35.5. The molecule has 1 heterocycles. The van der Waals surface area contributed by atoms with Crippen LogP contribution in [0.5, 0.6) is 0 Å². The molecule has 1 fully saturated rings. The highest BCUT2D eigenvalue weighted by Gasteiger charge is 2.46. The maximum Gasteiger partial charge on any atom is 0.183 e. The molecular formula is C21H26ClFN2O4S2. The lowest BCUT2D eigenvalue weighted by Gasteiger charge is -2.28. The third-order valence-electron chi connectivity index (χ3n) is 5.62. The minimum atomic E-state index is -3.99. The topological polar surface area (TPSA) is 83.5 Å². The van der Waals surface area contributed by atoms with Gasteiger partial charge in [-0.15, -0.1) is 0 Å². The second kappa shape index (κ2) is 9.15. The SMILES string of the molecule is Cc1cc(S(=O)(=O)[C@H]2CS(=O)(=O)C[C@@H]2NCC(c2ccccc2Cl)N(C)C)ccc1F. The molecular weight excluding hydrogens is 463 g/mol. The van der Waals surface area contributed by atoms with Crippen LogP contribution in [0.4, 0.5) is 4.39 Å². The van der Waals surface area contributed by atoms with Gasteiger partial charge in [0, 0.05) is 23.7 Å². The molecule has 0 bridgehead atoms. The average molecular weight is 489 g/mol. The fourth-order valence-corrected chi connectivity index (χ4v) is 8.92. The summed E-state index contributed by atoms with van der Waals surface area (Å²) in [6.07, 6.45) is 0. The van der Waals surface area contributed by atoms with E-state index in [2.05, 4.69) is 5.32 Å². The first-order valence-corrected chi connectivity index (χ1v) is 13.5. The van der Waals surface area contributed by atoms with Gasteiger partial charge in [-0.1, -0.05) is 29.8 Å². The lowest BCUT2D eigenvalue weighted by Crippen LogP contribution is -2.46. The van der Waals surface area contributed by atoms with E-state index in [-0.39, 0.29) is 22.3 Å². The summed E-state index contributed by atoms with van der Waals surface area (Å²) in [4.78, 5) is 1.86. The molecule has 1 aliphatic rings. The molecule has 3 atom stereocenters. The number of halogens is 2. The van der Waals surface area contributed by atoms with Gasteiger partial charge in [-0.05, 0) is 56.4 Å². The van der Waals surface area contributed by atoms with Gasteiger partial charge in [-0.2, -0.15) is 0 Å². The zero-order valence-corrected chi connectivity index (χ0v) is 19.9. The molecule has 0 spiro atoms. The normalized spacial score (nSPS) is 22.0. The molecule has 0 aromatic heterocycles. The standard InChI is InChI=1S/C21H26ClFN2O4S2/c1-14-10-15(8-9-18(14)23)31(28,29)21-13-30(26,27)12-19(21)24-11-20(25(2)3)16-6-4-5-7-17(16)22/h4-10,19-21,24H,11-13H2,1-3H3/t19-,20?,21-/m0/s1. The van der Waals surface area contributed by atoms with E-state index in [9.17, 15) is 21.2 Å². The molecule has 31 heavy (non-hydrogen) atoms. The number of sulfone groups is 2. The van der Waals surface area contributed by atoms with E-state index in [0.29, 0.717) is 11.6 Å². The fourth-order valence-electron chi connectivity index (χ4n) is 3.86. The number of likely N-dealkylation sites (N-methyl/N-ethyl adjacent to an activating group) is 1. The predicted octanol–water partition coefficient (Wildman–Crippen LogP) is 2.62. The summed E-state index contributed by atoms with van der Waals surface area (Å²) in [7, 11) is -3.79. The first-order chi connectivity index (χ1) is 14.4. The highest BCUT2D eigenvalue weighted by molar-refractivity contribution is 7.96. The summed E-state index contributed by atoms with van der Waals surface area (Å²) in [5.74, 6) is -1.26. The van der Waals surface area contributed by atoms with Gasteiger partial charge in [-0.3, -0.25) is 0 Å². The van der Waals surface area contributed by atoms with Crippen LogP contribution in [-0.2, 0) is 19.7 Å². The minimum Gasteiger partial charge on any atom is -0.310 e. The zero-order chi connectivity index (χ0) is 23.0. The van der Waals surface area contributed by atoms with Crippen molar-refractivity contribution >= 4 is 31.3 Å². The van der Waals surface area contributed by atoms with Gasteiger partial charge in [0.1, 0.15) is 5.82 Å². The number of hydrogen-bond acceptors (Lipinski definition) is 6. The van der Waals surface area contributed by atoms with Gasteiger partial charge in [-0.25, -0.2) is 21.2 Å². The van der Waals surface area contributed by atoms with E-state index < -0.39 is 42.5 Å². The maximum absolute atomic E-state index is 13.6. The lowest BCUT2D eigenvalue weighted by molar-refractivity contribution is 0.282. The molecule has 10 heteroatoms. The van der Waals surface area contributed by atoms with Crippen molar-refractivity contribution in [1.82, 2.24) is 10.2 Å². The van der Waals surface area contributed by atoms with Gasteiger partial charge in [0.05, 0.1) is 21.7 Å². The van der Waals surface area contributed by atoms with Gasteiger partial charge >= 0.3 is 0 Å². The second-order valence-corrected chi connectivity index (χ2v) is 12.8. The van der Waals surface area contributed by atoms with Crippen LogP contribution in [0.2, 0.25) is 5.02 Å². The van der Waals surface area contributed by atoms with Crippen molar-refractivity contribution < 1.29 is 21.2 Å². The quantitative estimate of drug-likeness (QED) is 0.603. The van der Waals surface area contributed by atoms with E-state index in [4.69, 9.17) is 11.6 Å². The third kappa shape index (κ3) is 5.28. The molecule has 2 aromatic rings. The van der Waals surface area contributed by atoms with E-state index in [0.717, 1.165) is 11.6 Å². The summed E-state index contributed by atoms with van der Waals surface area (Å²) < 4.78 is 64.8. The fraction of sp³-hybridized carbons (Fsp3) is 0.429. The van der Waals surface area contributed by atoms with E-state index in [1.54, 1.807) is 6.07 Å². The second-order valence-electron chi connectivity index (χ2n) is 8.09. The predicted molar refractivity (Wildman–Crippen MR) is 120 cm³/mol. The highest BCUT2D eigenvalue weighted by Crippen LogP contribution is 2.29. The molecule has 1 saturated heterocycles. The van der Waals surface area contributed by atoms with E-state index in [1.165, 1.54) is 19.1 Å². The monoisotopic (exact) mass is 488 g/mol. The summed E-state index contributed by atoms with van der Waals surface area (Å²) in [5.41, 5.74) is 1.05. The largest absolute Gasteiger partial charge is 0.310 e. The number of hydrogen-bond donors (Lipinski definition) is 1. The minimum absolute atomic E-state index is 0.0736. The number of nitrogens with one attached hydrogen (secondary N) is 1. The van der Waals surface area contributed by atoms with Crippen LogP contribution in [0.1, 0.15) is 17.2 Å². The molecule has 3 rings (SSSR count). The van der Waals surface area contributed by atoms with Crippen molar-refractivity contribution in [3.05, 3.63) is 64.4 Å². The summed E-state index contributed by atoms with van der Waals surface area (Å²) in [6, 6.07) is 9.90. The van der Waals surface area contributed by atoms with Gasteiger partial charge in [0.2, 0.25) is 0 Å². The van der Waals surface area contributed by atoms with Gasteiger partial charge in [0.25, 0.3) is 0 Å². The Morgan fingerprint density at radius 2 is 1.87 bits per heavy atom. The molecule has 0 aliphatic carbocycles. The van der Waals surface area contributed by atoms with Crippen molar-refractivity contribution in [2.75, 3.05) is 32.1 Å². The number of nitrogens with zero attached hydrogens (tertiary/aromatic N) is 1. The Hall–Kier alpha value is -1.52. The van der Waals surface area contributed by atoms with Crippen LogP contribution < -0.4 is 5.32 Å². The third-order valence-corrected chi connectivity index (χ3v) is 10.1. The van der Waals surface area contributed by atoms with Crippen LogP contribution in [0.15, 0.2) is 47.4 Å². The molecule has 6 nitrogen and oxygen atoms in total. The summed E-state index contributed by atoms with van der Waals surface area (Å²) >= 11 is 6.34. The van der Waals surface area contributed by atoms with Crippen molar-refractivity contribution in [2.24, 2.45) is 0 Å². The van der Waals surface area contributed by atoms with Crippen LogP contribution >= 0.6 is 11.6 Å². The molecule has 1 unspecified atom stereocenters. The average Bonchev–Trinajstić information content (AvgIpc) is 3.00. The van der Waals surface area contributed by atoms with Crippen LogP contribution in [0.25, 0.3) is 0 Å². The van der Waals surface area contributed by atoms with Crippen molar-refractivity contribution in [3.8, 4) is 0 Å². The Bertz CT molecular complexity index is 1170. The Morgan fingerprint density at radius 3 is 2.48 bits per heavy atom. The van der Waals surface area contributed by atoms with Crippen molar-refractivity contribution in [1.29, 1.82) is 0 Å². The Morgan fingerprint density at radius 1 is 1.19 bits per heavy atom. The maximum atomic E-state index is 13.6. The Balaban J connectivity index is 1.88. The lowest BCUT2D eigenvalue weighted by atomic mass is 10.1. The first kappa shape index (κ1) is 24.1. The number of aryl methyl sites for hydroxylation is 1. The number of benzene rings is 2. The molecule has 1 N–H and O–H groups in total. The van der Waals surface area contributed by atoms with Gasteiger partial charge in [0.15, 0.2) is 19.7 Å².